The molecule has 0 radical (unpaired) electrons. The molecule has 0 aromatic heterocycles. The van der Waals surface area contributed by atoms with Crippen LogP contribution in [-0.4, -0.2) is 66.4 Å². The van der Waals surface area contributed by atoms with Gasteiger partial charge in [-0.1, -0.05) is 18.2 Å². The molecule has 0 bridgehead atoms. The summed E-state index contributed by atoms with van der Waals surface area (Å²) in [6.07, 6.45) is 2.36. The molecule has 0 spiro atoms. The van der Waals surface area contributed by atoms with E-state index >= 15 is 0 Å². The number of nitrogens with two attached hydrogens (primary N) is 1. The molecule has 4 amide bonds. The van der Waals surface area contributed by atoms with Gasteiger partial charge in [0, 0.05) is 31.9 Å². The van der Waals surface area contributed by atoms with Crippen LogP contribution in [0.2, 0.25) is 0 Å². The van der Waals surface area contributed by atoms with Crippen molar-refractivity contribution in [1.82, 2.24) is 9.80 Å². The summed E-state index contributed by atoms with van der Waals surface area (Å²) in [7, 11) is 0. The molecule has 9 nitrogen and oxygen atoms in total. The van der Waals surface area contributed by atoms with E-state index in [-0.39, 0.29) is 36.9 Å². The molecule has 30 heavy (non-hydrogen) atoms. The molecule has 3 rings (SSSR count). The van der Waals surface area contributed by atoms with Gasteiger partial charge in [0.25, 0.3) is 5.91 Å². The van der Waals surface area contributed by atoms with Crippen molar-refractivity contribution in [2.24, 2.45) is 17.6 Å². The summed E-state index contributed by atoms with van der Waals surface area (Å²) in [5, 5.41) is 2.83. The molecule has 0 saturated carbocycles. The summed E-state index contributed by atoms with van der Waals surface area (Å²) < 4.78 is 5.22. The summed E-state index contributed by atoms with van der Waals surface area (Å²) in [5.74, 6) is -1.82. The number of urea groups is 1. The summed E-state index contributed by atoms with van der Waals surface area (Å²) in [4.78, 5) is 51.5. The number of carbonyl (C=O) groups excluding carboxylic acids is 4. The number of nitrogens with one attached hydrogen (secondary N) is 1. The van der Waals surface area contributed by atoms with E-state index in [1.165, 1.54) is 4.90 Å². The van der Waals surface area contributed by atoms with Gasteiger partial charge in [0.05, 0.1) is 11.8 Å². The topological polar surface area (TPSA) is 122 Å². The Morgan fingerprint density at radius 1 is 0.967 bits per heavy atom. The lowest BCUT2D eigenvalue weighted by Crippen LogP contribution is -2.46. The maximum absolute atomic E-state index is 12.3. The van der Waals surface area contributed by atoms with Gasteiger partial charge >= 0.3 is 12.0 Å². The van der Waals surface area contributed by atoms with Crippen LogP contribution in [0.1, 0.15) is 25.7 Å². The minimum atomic E-state index is -0.421. The molecule has 162 valence electrons. The lowest BCUT2D eigenvalue weighted by atomic mass is 9.97. The molecule has 2 aliphatic heterocycles. The van der Waals surface area contributed by atoms with Gasteiger partial charge in [0.15, 0.2) is 6.61 Å². The molecule has 1 aromatic carbocycles. The van der Waals surface area contributed by atoms with Crippen LogP contribution in [0.25, 0.3) is 0 Å². The summed E-state index contributed by atoms with van der Waals surface area (Å²) in [5.41, 5.74) is 6.05. The van der Waals surface area contributed by atoms with Crippen molar-refractivity contribution in [3.05, 3.63) is 30.3 Å². The van der Waals surface area contributed by atoms with Crippen molar-refractivity contribution in [2.75, 3.05) is 38.1 Å². The molecule has 0 unspecified atom stereocenters. The second-order valence-corrected chi connectivity index (χ2v) is 7.75. The average Bonchev–Trinajstić information content (AvgIpc) is 2.78. The van der Waals surface area contributed by atoms with Gasteiger partial charge in [-0.25, -0.2) is 4.79 Å². The number of ether oxygens (including phenoxy) is 1. The number of likely N-dealkylation sites (tertiary alicyclic amines) is 2. The molecule has 2 aliphatic rings. The Balaban J connectivity index is 1.39. The van der Waals surface area contributed by atoms with Gasteiger partial charge in [-0.15, -0.1) is 0 Å². The molecular formula is C21H28N4O5. The normalized spacial score (nSPS) is 19.8. The van der Waals surface area contributed by atoms with E-state index in [0.717, 1.165) is 5.69 Å². The van der Waals surface area contributed by atoms with Gasteiger partial charge in [0.1, 0.15) is 0 Å². The minimum absolute atomic E-state index is 0.197. The Kier molecular flexibility index (Phi) is 7.26. The monoisotopic (exact) mass is 416 g/mol. The molecule has 2 saturated heterocycles. The zero-order valence-corrected chi connectivity index (χ0v) is 16.9. The SMILES string of the molecule is NC(=O)[C@@H]1CCCN(C(=O)COC(=O)C2CCN(C(=O)Nc3ccccc3)CC2)C1. The molecule has 2 heterocycles. The number of nitrogens with zero attached hydrogens (tertiary/aromatic N) is 2. The minimum Gasteiger partial charge on any atom is -0.455 e. The standard InChI is InChI=1S/C21H28N4O5/c22-19(27)16-5-4-10-25(13-16)18(26)14-30-20(28)15-8-11-24(12-9-15)21(29)23-17-6-2-1-3-7-17/h1-3,6-7,15-16H,4-5,8-14H2,(H2,22,27)(H,23,29)/t16-/m1/s1. The lowest BCUT2D eigenvalue weighted by Gasteiger charge is -2.32. The first-order chi connectivity index (χ1) is 14.4. The Labute approximate surface area is 175 Å². The third kappa shape index (κ3) is 5.71. The van der Waals surface area contributed by atoms with E-state index < -0.39 is 11.9 Å². The maximum Gasteiger partial charge on any atom is 0.321 e. The van der Waals surface area contributed by atoms with Crippen molar-refractivity contribution in [1.29, 1.82) is 0 Å². The van der Waals surface area contributed by atoms with Crippen LogP contribution in [0.15, 0.2) is 30.3 Å². The molecule has 1 atom stereocenters. The van der Waals surface area contributed by atoms with E-state index in [2.05, 4.69) is 5.32 Å². The summed E-state index contributed by atoms with van der Waals surface area (Å²) in [6.45, 7) is 1.37. The van der Waals surface area contributed by atoms with Gasteiger partial charge in [-0.3, -0.25) is 14.4 Å². The van der Waals surface area contributed by atoms with Gasteiger partial charge in [0.2, 0.25) is 5.91 Å². The number of carbonyl (C=O) groups is 4. The Hall–Kier alpha value is -3.10. The second-order valence-electron chi connectivity index (χ2n) is 7.75. The number of esters is 1. The van der Waals surface area contributed by atoms with Gasteiger partial charge in [-0.2, -0.15) is 0 Å². The average molecular weight is 416 g/mol. The lowest BCUT2D eigenvalue weighted by molar-refractivity contribution is -0.157. The number of amides is 4. The summed E-state index contributed by atoms with van der Waals surface area (Å²) >= 11 is 0. The molecule has 0 aliphatic carbocycles. The second kappa shape index (κ2) is 10.1. The summed E-state index contributed by atoms with van der Waals surface area (Å²) in [6, 6.07) is 8.99. The van der Waals surface area contributed by atoms with Crippen LogP contribution < -0.4 is 11.1 Å². The van der Waals surface area contributed by atoms with Crippen molar-refractivity contribution < 1.29 is 23.9 Å². The highest BCUT2D eigenvalue weighted by molar-refractivity contribution is 5.89. The molecule has 1 aromatic rings. The van der Waals surface area contributed by atoms with Crippen molar-refractivity contribution >= 4 is 29.5 Å². The number of piperidine rings is 2. The number of rotatable bonds is 5. The largest absolute Gasteiger partial charge is 0.455 e. The number of anilines is 1. The fraction of sp³-hybridized carbons (Fsp3) is 0.524. The predicted molar refractivity (Wildman–Crippen MR) is 109 cm³/mol. The molecular weight excluding hydrogens is 388 g/mol. The first-order valence-electron chi connectivity index (χ1n) is 10.3. The highest BCUT2D eigenvalue weighted by Gasteiger charge is 2.30. The Morgan fingerprint density at radius 3 is 2.33 bits per heavy atom. The Morgan fingerprint density at radius 2 is 1.67 bits per heavy atom. The van der Waals surface area contributed by atoms with Crippen molar-refractivity contribution in [2.45, 2.75) is 25.7 Å². The van der Waals surface area contributed by atoms with E-state index in [0.29, 0.717) is 45.3 Å². The highest BCUT2D eigenvalue weighted by atomic mass is 16.5. The third-order valence-electron chi connectivity index (χ3n) is 5.65. The maximum atomic E-state index is 12.3. The third-order valence-corrected chi connectivity index (χ3v) is 5.65. The number of primary amides is 1. The first-order valence-corrected chi connectivity index (χ1v) is 10.3. The predicted octanol–water partition coefficient (Wildman–Crippen LogP) is 1.20. The van der Waals surface area contributed by atoms with Crippen LogP contribution in [0.4, 0.5) is 10.5 Å². The molecule has 3 N–H and O–H groups in total. The Bertz CT molecular complexity index is 777. The highest BCUT2D eigenvalue weighted by Crippen LogP contribution is 2.20. The van der Waals surface area contributed by atoms with Crippen LogP contribution in [-0.2, 0) is 19.1 Å². The fourth-order valence-corrected chi connectivity index (χ4v) is 3.82. The molecule has 2 fully saturated rings. The van der Waals surface area contributed by atoms with E-state index in [9.17, 15) is 19.2 Å². The van der Waals surface area contributed by atoms with E-state index in [1.807, 2.05) is 30.3 Å². The number of hydrogen-bond acceptors (Lipinski definition) is 5. The zero-order chi connectivity index (χ0) is 21.5. The molecule has 9 heteroatoms. The number of para-hydroxylation sites is 1. The quantitative estimate of drug-likeness (QED) is 0.699. The fourth-order valence-electron chi connectivity index (χ4n) is 3.82. The van der Waals surface area contributed by atoms with Crippen LogP contribution in [0, 0.1) is 11.8 Å². The van der Waals surface area contributed by atoms with Crippen molar-refractivity contribution in [3.63, 3.8) is 0 Å². The van der Waals surface area contributed by atoms with E-state index in [1.54, 1.807) is 4.90 Å². The number of hydrogen-bond donors (Lipinski definition) is 2. The zero-order valence-electron chi connectivity index (χ0n) is 16.9. The number of benzene rings is 1. The van der Waals surface area contributed by atoms with Crippen molar-refractivity contribution in [3.8, 4) is 0 Å². The van der Waals surface area contributed by atoms with Crippen LogP contribution in [0.5, 0.6) is 0 Å². The van der Waals surface area contributed by atoms with E-state index in [4.69, 9.17) is 10.5 Å². The van der Waals surface area contributed by atoms with Crippen LogP contribution >= 0.6 is 0 Å². The van der Waals surface area contributed by atoms with Gasteiger partial charge in [-0.05, 0) is 37.8 Å². The smallest absolute Gasteiger partial charge is 0.321 e. The first kappa shape index (κ1) is 21.6. The van der Waals surface area contributed by atoms with Crippen LogP contribution in [0.3, 0.4) is 0 Å². The van der Waals surface area contributed by atoms with Gasteiger partial charge < -0.3 is 25.6 Å².